The minimum absolute atomic E-state index is 0.180. The molecule has 3 rings (SSSR count). The smallest absolute Gasteiger partial charge is 0.320 e. The van der Waals surface area contributed by atoms with Crippen LogP contribution in [0.3, 0.4) is 0 Å². The number of rotatable bonds is 10. The molecule has 12 nitrogen and oxygen atoms in total. The molecule has 2 aromatic rings. The number of aliphatic carboxylic acids is 1. The Morgan fingerprint density at radius 2 is 2.03 bits per heavy atom. The standard InChI is InChI=1S/C20H28N8O4/c1-12-14(25-18(22-2)26-17(12)21)5-4-6-27-7-8-28(20(27)31)15(9-16(29)30)13-10-23-19(32-3)24-11-13/h10-11,15H,4-9H2,1-3H3,(H,29,30)(H3,21,22,25,26). The highest BCUT2D eigenvalue weighted by Gasteiger charge is 2.35. The molecule has 1 aliphatic rings. The molecule has 1 aliphatic heterocycles. The molecule has 2 amide bonds. The zero-order chi connectivity index (χ0) is 23.3. The van der Waals surface area contributed by atoms with E-state index >= 15 is 0 Å². The van der Waals surface area contributed by atoms with Gasteiger partial charge >= 0.3 is 18.0 Å². The Labute approximate surface area is 185 Å². The lowest BCUT2D eigenvalue weighted by atomic mass is 10.1. The Morgan fingerprint density at radius 1 is 1.31 bits per heavy atom. The molecule has 4 N–H and O–H groups in total. The molecule has 0 spiro atoms. The largest absolute Gasteiger partial charge is 0.481 e. The van der Waals surface area contributed by atoms with Crippen molar-refractivity contribution in [2.24, 2.45) is 0 Å². The number of nitrogens with one attached hydrogen (secondary N) is 1. The first-order chi connectivity index (χ1) is 15.3. The SMILES string of the molecule is CNc1nc(N)c(C)c(CCCN2CCN(C(CC(=O)O)c3cnc(OC)nc3)C2=O)n1. The number of ether oxygens (including phenoxy) is 1. The maximum atomic E-state index is 13.0. The summed E-state index contributed by atoms with van der Waals surface area (Å²) in [6, 6.07) is -0.681. The highest BCUT2D eigenvalue weighted by molar-refractivity contribution is 5.78. The molecule has 32 heavy (non-hydrogen) atoms. The fourth-order valence-electron chi connectivity index (χ4n) is 3.65. The van der Waals surface area contributed by atoms with Gasteiger partial charge in [0, 0.05) is 50.2 Å². The number of aromatic nitrogens is 4. The summed E-state index contributed by atoms with van der Waals surface area (Å²) in [5.74, 6) is -0.111. The summed E-state index contributed by atoms with van der Waals surface area (Å²) in [4.78, 5) is 44.5. The van der Waals surface area contributed by atoms with E-state index in [1.165, 1.54) is 19.5 Å². The third kappa shape index (κ3) is 5.13. The summed E-state index contributed by atoms with van der Waals surface area (Å²) in [6.45, 7) is 3.33. The highest BCUT2D eigenvalue weighted by atomic mass is 16.5. The minimum Gasteiger partial charge on any atom is -0.481 e. The van der Waals surface area contributed by atoms with Crippen LogP contribution in [0.15, 0.2) is 12.4 Å². The molecule has 1 unspecified atom stereocenters. The molecule has 172 valence electrons. The van der Waals surface area contributed by atoms with Gasteiger partial charge in [-0.1, -0.05) is 0 Å². The van der Waals surface area contributed by atoms with Crippen molar-refractivity contribution in [2.75, 3.05) is 44.8 Å². The number of nitrogens with two attached hydrogens (primary N) is 1. The molecule has 0 radical (unpaired) electrons. The van der Waals surface area contributed by atoms with Gasteiger partial charge in [0.1, 0.15) is 5.82 Å². The van der Waals surface area contributed by atoms with Crippen LogP contribution in [0.2, 0.25) is 0 Å². The Morgan fingerprint density at radius 3 is 2.66 bits per heavy atom. The Hall–Kier alpha value is -3.70. The van der Waals surface area contributed by atoms with Gasteiger partial charge < -0.3 is 30.7 Å². The lowest BCUT2D eigenvalue weighted by molar-refractivity contribution is -0.138. The number of carboxylic acids is 1. The Balaban J connectivity index is 1.66. The maximum Gasteiger partial charge on any atom is 0.320 e. The number of methoxy groups -OCH3 is 1. The molecule has 0 aliphatic carbocycles. The molecule has 0 aromatic carbocycles. The average Bonchev–Trinajstić information content (AvgIpc) is 3.14. The van der Waals surface area contributed by atoms with Crippen LogP contribution < -0.4 is 15.8 Å². The molecule has 1 saturated heterocycles. The van der Waals surface area contributed by atoms with Crippen molar-refractivity contribution in [3.05, 3.63) is 29.2 Å². The molecule has 1 fully saturated rings. The second-order valence-corrected chi connectivity index (χ2v) is 7.44. The number of anilines is 2. The van der Waals surface area contributed by atoms with E-state index in [0.29, 0.717) is 49.8 Å². The van der Waals surface area contributed by atoms with Crippen molar-refractivity contribution in [3.63, 3.8) is 0 Å². The van der Waals surface area contributed by atoms with Gasteiger partial charge in [-0.3, -0.25) is 4.79 Å². The minimum atomic E-state index is -1.01. The molecule has 0 saturated carbocycles. The predicted molar refractivity (Wildman–Crippen MR) is 116 cm³/mol. The second kappa shape index (κ2) is 10.1. The van der Waals surface area contributed by atoms with E-state index in [0.717, 1.165) is 11.3 Å². The van der Waals surface area contributed by atoms with Gasteiger partial charge in [0.05, 0.1) is 25.3 Å². The van der Waals surface area contributed by atoms with Crippen molar-refractivity contribution < 1.29 is 19.4 Å². The summed E-state index contributed by atoms with van der Waals surface area (Å²) < 4.78 is 4.96. The number of carbonyl (C=O) groups excluding carboxylic acids is 1. The molecule has 0 bridgehead atoms. The fraction of sp³-hybridized carbons (Fsp3) is 0.500. The number of urea groups is 1. The van der Waals surface area contributed by atoms with Crippen molar-refractivity contribution in [1.29, 1.82) is 0 Å². The molecular formula is C20H28N8O4. The topological polar surface area (TPSA) is 160 Å². The number of amides is 2. The van der Waals surface area contributed by atoms with Crippen molar-refractivity contribution in [1.82, 2.24) is 29.7 Å². The third-order valence-corrected chi connectivity index (χ3v) is 5.44. The summed E-state index contributed by atoms with van der Waals surface area (Å²) in [7, 11) is 3.18. The van der Waals surface area contributed by atoms with E-state index in [9.17, 15) is 14.7 Å². The van der Waals surface area contributed by atoms with Gasteiger partial charge in [0.2, 0.25) is 5.95 Å². The number of carboxylic acid groups (broad SMARTS) is 1. The van der Waals surface area contributed by atoms with Crippen molar-refractivity contribution in [2.45, 2.75) is 32.2 Å². The lowest BCUT2D eigenvalue weighted by Gasteiger charge is -2.27. The van der Waals surface area contributed by atoms with E-state index in [4.69, 9.17) is 10.5 Å². The van der Waals surface area contributed by atoms with Crippen LogP contribution in [-0.4, -0.2) is 80.6 Å². The number of hydrogen-bond donors (Lipinski definition) is 3. The van der Waals surface area contributed by atoms with Crippen LogP contribution in [0, 0.1) is 6.92 Å². The fourth-order valence-corrected chi connectivity index (χ4v) is 3.65. The quantitative estimate of drug-likeness (QED) is 0.484. The first-order valence-corrected chi connectivity index (χ1v) is 10.3. The summed E-state index contributed by atoms with van der Waals surface area (Å²) in [5.41, 5.74) is 8.17. The van der Waals surface area contributed by atoms with Gasteiger partial charge in [0.15, 0.2) is 0 Å². The van der Waals surface area contributed by atoms with Crippen LogP contribution in [0.25, 0.3) is 0 Å². The number of carbonyl (C=O) groups is 2. The number of nitrogen functional groups attached to an aromatic ring is 1. The zero-order valence-electron chi connectivity index (χ0n) is 18.4. The van der Waals surface area contributed by atoms with Crippen LogP contribution >= 0.6 is 0 Å². The van der Waals surface area contributed by atoms with Crippen LogP contribution in [0.4, 0.5) is 16.6 Å². The monoisotopic (exact) mass is 444 g/mol. The van der Waals surface area contributed by atoms with Gasteiger partial charge in [0.25, 0.3) is 0 Å². The van der Waals surface area contributed by atoms with Gasteiger partial charge in [-0.25, -0.2) is 19.7 Å². The van der Waals surface area contributed by atoms with E-state index in [1.807, 2.05) is 6.92 Å². The lowest BCUT2D eigenvalue weighted by Crippen LogP contribution is -2.36. The van der Waals surface area contributed by atoms with Crippen molar-refractivity contribution >= 4 is 23.8 Å². The number of nitrogens with zero attached hydrogens (tertiary/aromatic N) is 6. The molecular weight excluding hydrogens is 416 g/mol. The van der Waals surface area contributed by atoms with Gasteiger partial charge in [-0.2, -0.15) is 4.98 Å². The van der Waals surface area contributed by atoms with E-state index in [1.54, 1.807) is 16.8 Å². The van der Waals surface area contributed by atoms with Gasteiger partial charge in [-0.05, 0) is 19.8 Å². The molecule has 1 atom stereocenters. The highest BCUT2D eigenvalue weighted by Crippen LogP contribution is 2.28. The van der Waals surface area contributed by atoms with E-state index in [-0.39, 0.29) is 18.5 Å². The summed E-state index contributed by atoms with van der Waals surface area (Å²) in [5, 5.41) is 12.3. The first-order valence-electron chi connectivity index (χ1n) is 10.3. The van der Waals surface area contributed by atoms with E-state index < -0.39 is 12.0 Å². The maximum absolute atomic E-state index is 13.0. The summed E-state index contributed by atoms with van der Waals surface area (Å²) >= 11 is 0. The predicted octanol–water partition coefficient (Wildman–Crippen LogP) is 1.09. The van der Waals surface area contributed by atoms with Gasteiger partial charge in [-0.15, -0.1) is 0 Å². The first kappa shape index (κ1) is 23.0. The zero-order valence-corrected chi connectivity index (χ0v) is 18.4. The second-order valence-electron chi connectivity index (χ2n) is 7.44. The van der Waals surface area contributed by atoms with E-state index in [2.05, 4.69) is 25.3 Å². The molecule has 2 aromatic heterocycles. The Kier molecular flexibility index (Phi) is 7.23. The van der Waals surface area contributed by atoms with Crippen LogP contribution in [0.1, 0.15) is 35.7 Å². The average molecular weight is 444 g/mol. The summed E-state index contributed by atoms with van der Waals surface area (Å²) in [6.07, 6.45) is 4.09. The van der Waals surface area contributed by atoms with Crippen LogP contribution in [-0.2, 0) is 11.2 Å². The molecule has 3 heterocycles. The Bertz CT molecular complexity index is 969. The number of hydrogen-bond acceptors (Lipinski definition) is 9. The van der Waals surface area contributed by atoms with Crippen LogP contribution in [0.5, 0.6) is 6.01 Å². The normalized spacial score (nSPS) is 14.5. The number of aryl methyl sites for hydroxylation is 1. The van der Waals surface area contributed by atoms with Crippen molar-refractivity contribution in [3.8, 4) is 6.01 Å². The molecule has 12 heteroatoms. The third-order valence-electron chi connectivity index (χ3n) is 5.44.